The van der Waals surface area contributed by atoms with Gasteiger partial charge in [-0.15, -0.1) is 0 Å². The van der Waals surface area contributed by atoms with E-state index in [2.05, 4.69) is 10.6 Å². The second kappa shape index (κ2) is 8.26. The third-order valence-corrected chi connectivity index (χ3v) is 6.35. The zero-order valence-corrected chi connectivity index (χ0v) is 17.5. The highest BCUT2D eigenvalue weighted by molar-refractivity contribution is 6.42. The molecule has 1 saturated carbocycles. The van der Waals surface area contributed by atoms with Gasteiger partial charge in [-0.2, -0.15) is 0 Å². The Bertz CT molecular complexity index is 1050. The van der Waals surface area contributed by atoms with E-state index in [1.165, 1.54) is 18.2 Å². The molecular weight excluding hydrogens is 401 g/mol. The minimum absolute atomic E-state index is 0.181. The average Bonchev–Trinajstić information content (AvgIpc) is 3.12. The molecule has 3 N–H and O–H groups in total. The largest absolute Gasteiger partial charge is 0.394 e. The average molecular weight is 427 g/mol. The Balaban J connectivity index is 1.59. The molecule has 1 aromatic heterocycles. The van der Waals surface area contributed by atoms with E-state index >= 15 is 0 Å². The van der Waals surface area contributed by atoms with Crippen molar-refractivity contribution in [3.8, 4) is 0 Å². The number of aryl methyl sites for hydroxylation is 1. The molecule has 1 aliphatic heterocycles. The lowest BCUT2D eigenvalue weighted by Gasteiger charge is -2.40. The lowest BCUT2D eigenvalue weighted by Crippen LogP contribution is -2.57. The van der Waals surface area contributed by atoms with E-state index in [0.29, 0.717) is 42.6 Å². The van der Waals surface area contributed by atoms with Crippen LogP contribution in [0.5, 0.6) is 0 Å². The van der Waals surface area contributed by atoms with Crippen LogP contribution in [0.15, 0.2) is 24.3 Å². The summed E-state index contributed by atoms with van der Waals surface area (Å²) >= 11 is 0. The van der Waals surface area contributed by atoms with Crippen molar-refractivity contribution in [2.45, 2.75) is 57.5 Å². The molecule has 4 rings (SSSR count). The van der Waals surface area contributed by atoms with E-state index in [0.717, 1.165) is 25.0 Å². The molecule has 0 atom stereocenters. The summed E-state index contributed by atoms with van der Waals surface area (Å²) in [7, 11) is 0. The number of hydrogen-bond donors (Lipinski definition) is 3. The minimum Gasteiger partial charge on any atom is -0.394 e. The number of benzene rings is 1. The summed E-state index contributed by atoms with van der Waals surface area (Å²) in [6, 6.07) is 5.79. The number of ketones is 1. The number of aromatic nitrogens is 1. The third-order valence-electron chi connectivity index (χ3n) is 6.35. The molecule has 2 aliphatic rings. The third kappa shape index (κ3) is 3.99. The van der Waals surface area contributed by atoms with Crippen molar-refractivity contribution in [3.63, 3.8) is 0 Å². The van der Waals surface area contributed by atoms with Gasteiger partial charge in [0.15, 0.2) is 0 Å². The highest BCUT2D eigenvalue weighted by Gasteiger charge is 2.40. The monoisotopic (exact) mass is 427 g/mol. The van der Waals surface area contributed by atoms with Gasteiger partial charge in [-0.1, -0.05) is 0 Å². The predicted octanol–water partition coefficient (Wildman–Crippen LogP) is 2.74. The Morgan fingerprint density at radius 2 is 1.94 bits per heavy atom. The van der Waals surface area contributed by atoms with Crippen molar-refractivity contribution in [1.29, 1.82) is 0 Å². The minimum atomic E-state index is -0.763. The first kappa shape index (κ1) is 21.2. The summed E-state index contributed by atoms with van der Waals surface area (Å²) in [5, 5.41) is 15.0. The molecule has 1 aliphatic carbocycles. The summed E-state index contributed by atoms with van der Waals surface area (Å²) < 4.78 is 15.3. The maximum Gasteiger partial charge on any atom is 0.294 e. The second-order valence-corrected chi connectivity index (χ2v) is 8.49. The Kier molecular flexibility index (Phi) is 5.66. The van der Waals surface area contributed by atoms with Gasteiger partial charge in [0.1, 0.15) is 5.82 Å². The van der Waals surface area contributed by atoms with Crippen LogP contribution in [-0.2, 0) is 17.8 Å². The van der Waals surface area contributed by atoms with Crippen LogP contribution < -0.4 is 10.6 Å². The predicted molar refractivity (Wildman–Crippen MR) is 113 cm³/mol. The van der Waals surface area contributed by atoms with Gasteiger partial charge in [0.2, 0.25) is 0 Å². The molecule has 0 spiro atoms. The number of aliphatic hydroxyl groups is 1. The Morgan fingerprint density at radius 1 is 1.16 bits per heavy atom. The molecule has 0 unspecified atom stereocenters. The Labute approximate surface area is 179 Å². The smallest absolute Gasteiger partial charge is 0.294 e. The van der Waals surface area contributed by atoms with Crippen LogP contribution in [0.4, 0.5) is 10.1 Å². The normalized spacial score (nSPS) is 16.7. The molecule has 0 bridgehead atoms. The summed E-state index contributed by atoms with van der Waals surface area (Å²) in [5.74, 6) is -2.23. The quantitative estimate of drug-likeness (QED) is 0.487. The molecule has 1 fully saturated rings. The maximum absolute atomic E-state index is 13.5. The second-order valence-electron chi connectivity index (χ2n) is 8.49. The molecule has 0 saturated heterocycles. The van der Waals surface area contributed by atoms with E-state index in [1.807, 2.05) is 0 Å². The number of halogens is 1. The zero-order chi connectivity index (χ0) is 22.2. The molecule has 0 radical (unpaired) electrons. The van der Waals surface area contributed by atoms with E-state index < -0.39 is 23.1 Å². The molecule has 2 heterocycles. The number of carbonyl (C=O) groups excluding carboxylic acids is 3. The number of anilines is 1. The molecule has 2 amide bonds. The van der Waals surface area contributed by atoms with Gasteiger partial charge in [-0.3, -0.25) is 14.4 Å². The summed E-state index contributed by atoms with van der Waals surface area (Å²) in [4.78, 5) is 38.5. The first-order valence-corrected chi connectivity index (χ1v) is 10.6. The summed E-state index contributed by atoms with van der Waals surface area (Å²) in [6.07, 6.45) is 4.53. The summed E-state index contributed by atoms with van der Waals surface area (Å²) in [6.45, 7) is 1.96. The molecule has 164 valence electrons. The van der Waals surface area contributed by atoms with Crippen LogP contribution in [-0.4, -0.2) is 39.4 Å². The fraction of sp³-hybridized carbons (Fsp3) is 0.435. The first-order chi connectivity index (χ1) is 14.8. The van der Waals surface area contributed by atoms with Crippen molar-refractivity contribution >= 4 is 23.3 Å². The number of hydrogen-bond acceptors (Lipinski definition) is 4. The van der Waals surface area contributed by atoms with Gasteiger partial charge in [0, 0.05) is 17.9 Å². The van der Waals surface area contributed by atoms with Gasteiger partial charge in [0.05, 0.1) is 23.4 Å². The number of carbonyl (C=O) groups is 3. The van der Waals surface area contributed by atoms with Crippen LogP contribution in [0, 0.1) is 12.7 Å². The van der Waals surface area contributed by atoms with Crippen LogP contribution in [0.2, 0.25) is 0 Å². The number of Topliss-reactive ketones (excluding diaryl/α,β-unsaturated/α-hetero) is 1. The van der Waals surface area contributed by atoms with E-state index in [-0.39, 0.29) is 18.1 Å². The van der Waals surface area contributed by atoms with Crippen molar-refractivity contribution in [2.75, 3.05) is 11.9 Å². The van der Waals surface area contributed by atoms with Crippen LogP contribution in [0.3, 0.4) is 0 Å². The number of amides is 2. The van der Waals surface area contributed by atoms with Crippen LogP contribution in [0.25, 0.3) is 0 Å². The molecule has 7 nitrogen and oxygen atoms in total. The Morgan fingerprint density at radius 3 is 2.58 bits per heavy atom. The fourth-order valence-electron chi connectivity index (χ4n) is 4.32. The van der Waals surface area contributed by atoms with Crippen molar-refractivity contribution in [3.05, 3.63) is 52.6 Å². The van der Waals surface area contributed by atoms with Crippen LogP contribution >= 0.6 is 0 Å². The van der Waals surface area contributed by atoms with Crippen LogP contribution in [0.1, 0.15) is 64.2 Å². The van der Waals surface area contributed by atoms with Gasteiger partial charge in [-0.05, 0) is 75.3 Å². The molecule has 1 aromatic carbocycles. The van der Waals surface area contributed by atoms with Gasteiger partial charge >= 0.3 is 0 Å². The molecule has 8 heteroatoms. The number of aliphatic hydroxyl groups excluding tert-OH is 1. The highest BCUT2D eigenvalue weighted by atomic mass is 19.1. The van der Waals surface area contributed by atoms with Crippen molar-refractivity contribution in [1.82, 2.24) is 9.88 Å². The van der Waals surface area contributed by atoms with Crippen molar-refractivity contribution < 1.29 is 23.9 Å². The van der Waals surface area contributed by atoms with Crippen molar-refractivity contribution in [2.24, 2.45) is 0 Å². The number of fused-ring (bicyclic) bond motifs is 1. The molecular formula is C23H26FN3O4. The lowest BCUT2D eigenvalue weighted by molar-refractivity contribution is -0.120. The topological polar surface area (TPSA) is 100 Å². The van der Waals surface area contributed by atoms with Gasteiger partial charge in [-0.25, -0.2) is 4.39 Å². The molecule has 2 aromatic rings. The maximum atomic E-state index is 13.5. The lowest BCUT2D eigenvalue weighted by atomic mass is 9.77. The Hall–Kier alpha value is -3.00. The van der Waals surface area contributed by atoms with Gasteiger partial charge < -0.3 is 20.3 Å². The van der Waals surface area contributed by atoms with E-state index in [4.69, 9.17) is 0 Å². The number of nitrogens with one attached hydrogen (secondary N) is 2. The fourth-order valence-corrected chi connectivity index (χ4v) is 4.32. The standard InChI is InChI=1S/C23H26FN3O4/c1-14-11-15(6-7-17(14)24)25-21(30)16-12-19(27-10-3-2-5-18(16)27)20(29)22(31)26-23(13-28)8-4-9-23/h6-7,11-12,28H,2-5,8-10,13H2,1H3,(H,25,30)(H,26,31). The summed E-state index contributed by atoms with van der Waals surface area (Å²) in [5.41, 5.74) is 1.40. The number of rotatable bonds is 6. The zero-order valence-electron chi connectivity index (χ0n) is 17.5. The SMILES string of the molecule is Cc1cc(NC(=O)c2cc(C(=O)C(=O)NC3(CO)CCC3)n3c2CCCC3)ccc1F. The highest BCUT2D eigenvalue weighted by Crippen LogP contribution is 2.31. The van der Waals surface area contributed by atoms with E-state index in [1.54, 1.807) is 17.6 Å². The molecule has 31 heavy (non-hydrogen) atoms. The van der Waals surface area contributed by atoms with Gasteiger partial charge in [0.25, 0.3) is 17.6 Å². The van der Waals surface area contributed by atoms with E-state index in [9.17, 15) is 23.9 Å². The number of nitrogens with zero attached hydrogens (tertiary/aromatic N) is 1. The first-order valence-electron chi connectivity index (χ1n) is 10.6.